The van der Waals surface area contributed by atoms with Crippen LogP contribution in [0, 0.1) is 0 Å². The highest BCUT2D eigenvalue weighted by atomic mass is 16.2. The molecule has 3 aromatic rings. The molecule has 0 spiro atoms. The first-order chi connectivity index (χ1) is 13.0. The molecule has 1 atom stereocenters. The van der Waals surface area contributed by atoms with Gasteiger partial charge in [0.25, 0.3) is 5.91 Å². The summed E-state index contributed by atoms with van der Waals surface area (Å²) >= 11 is 0. The maximum atomic E-state index is 12.4. The number of hydrogen-bond acceptors (Lipinski definition) is 4. The van der Waals surface area contributed by atoms with Crippen molar-refractivity contribution in [2.24, 2.45) is 7.05 Å². The molecular weight excluding hydrogens is 346 g/mol. The Morgan fingerprint density at radius 3 is 2.89 bits per heavy atom. The van der Waals surface area contributed by atoms with E-state index >= 15 is 0 Å². The fraction of sp³-hybridized carbons (Fsp3) is 0.158. The normalized spacial score (nSPS) is 16.3. The molecule has 0 radical (unpaired) electrons. The van der Waals surface area contributed by atoms with Gasteiger partial charge in [-0.2, -0.15) is 0 Å². The lowest BCUT2D eigenvalue weighted by Gasteiger charge is -2.14. The lowest BCUT2D eigenvalue weighted by atomic mass is 10.1. The summed E-state index contributed by atoms with van der Waals surface area (Å²) in [6, 6.07) is 11.1. The second-order valence-electron chi connectivity index (χ2n) is 6.37. The van der Waals surface area contributed by atoms with Gasteiger partial charge >= 0.3 is 0 Å². The van der Waals surface area contributed by atoms with E-state index in [0.29, 0.717) is 16.9 Å². The Kier molecular flexibility index (Phi) is 4.08. The van der Waals surface area contributed by atoms with Crippen LogP contribution in [0.1, 0.15) is 16.8 Å². The number of hydrogen-bond donors (Lipinski definition) is 3. The van der Waals surface area contributed by atoms with Gasteiger partial charge in [-0.05, 0) is 30.3 Å². The minimum absolute atomic E-state index is 0.175. The molecule has 1 unspecified atom stereocenters. The van der Waals surface area contributed by atoms with Crippen LogP contribution in [0.15, 0.2) is 48.8 Å². The number of anilines is 2. The predicted molar refractivity (Wildman–Crippen MR) is 100 cm³/mol. The second kappa shape index (κ2) is 6.56. The molecule has 0 saturated heterocycles. The minimum atomic E-state index is -0.955. The zero-order valence-corrected chi connectivity index (χ0v) is 14.5. The molecule has 4 rings (SSSR count). The zero-order chi connectivity index (χ0) is 19.0. The SMILES string of the molecule is Cn1cnc2cc(NC(=O)CC3NC(=O)c4ccccc4NC3=O)ccc21. The summed E-state index contributed by atoms with van der Waals surface area (Å²) < 4.78 is 1.88. The molecule has 8 nitrogen and oxygen atoms in total. The molecule has 136 valence electrons. The number of benzene rings is 2. The summed E-state index contributed by atoms with van der Waals surface area (Å²) in [7, 11) is 1.89. The smallest absolute Gasteiger partial charge is 0.254 e. The number of nitrogens with one attached hydrogen (secondary N) is 3. The van der Waals surface area contributed by atoms with Crippen LogP contribution in [0.5, 0.6) is 0 Å². The van der Waals surface area contributed by atoms with Crippen LogP contribution >= 0.6 is 0 Å². The molecule has 0 bridgehead atoms. The number of imidazole rings is 1. The number of para-hydroxylation sites is 1. The molecule has 27 heavy (non-hydrogen) atoms. The van der Waals surface area contributed by atoms with Crippen molar-refractivity contribution < 1.29 is 14.4 Å². The second-order valence-corrected chi connectivity index (χ2v) is 6.37. The van der Waals surface area contributed by atoms with Gasteiger partial charge in [0.05, 0.1) is 35.0 Å². The van der Waals surface area contributed by atoms with E-state index in [1.54, 1.807) is 42.7 Å². The van der Waals surface area contributed by atoms with Gasteiger partial charge in [0, 0.05) is 12.7 Å². The van der Waals surface area contributed by atoms with Crippen molar-refractivity contribution >= 4 is 40.1 Å². The molecule has 2 heterocycles. The third-order valence-electron chi connectivity index (χ3n) is 4.45. The minimum Gasteiger partial charge on any atom is -0.340 e. The fourth-order valence-electron chi connectivity index (χ4n) is 3.07. The van der Waals surface area contributed by atoms with Crippen LogP contribution in [0.4, 0.5) is 11.4 Å². The summed E-state index contributed by atoms with van der Waals surface area (Å²) in [5.74, 6) is -1.20. The van der Waals surface area contributed by atoms with Crippen molar-refractivity contribution in [3.05, 3.63) is 54.4 Å². The van der Waals surface area contributed by atoms with Crippen LogP contribution in [-0.2, 0) is 16.6 Å². The average molecular weight is 363 g/mol. The van der Waals surface area contributed by atoms with Gasteiger partial charge in [0.2, 0.25) is 11.8 Å². The number of fused-ring (bicyclic) bond motifs is 2. The van der Waals surface area contributed by atoms with Crippen molar-refractivity contribution in [2.45, 2.75) is 12.5 Å². The first-order valence-electron chi connectivity index (χ1n) is 8.43. The van der Waals surface area contributed by atoms with Crippen molar-refractivity contribution in [2.75, 3.05) is 10.6 Å². The molecule has 3 N–H and O–H groups in total. The first kappa shape index (κ1) is 16.8. The van der Waals surface area contributed by atoms with Crippen molar-refractivity contribution in [1.29, 1.82) is 0 Å². The van der Waals surface area contributed by atoms with Gasteiger partial charge in [0.15, 0.2) is 0 Å². The number of carbonyl (C=O) groups excluding carboxylic acids is 3. The average Bonchev–Trinajstić information content (AvgIpc) is 2.96. The van der Waals surface area contributed by atoms with Crippen LogP contribution in [0.3, 0.4) is 0 Å². The van der Waals surface area contributed by atoms with Crippen LogP contribution in [0.25, 0.3) is 11.0 Å². The fourth-order valence-corrected chi connectivity index (χ4v) is 3.07. The van der Waals surface area contributed by atoms with Gasteiger partial charge in [0.1, 0.15) is 6.04 Å². The lowest BCUT2D eigenvalue weighted by molar-refractivity contribution is -0.122. The molecule has 3 amide bonds. The van der Waals surface area contributed by atoms with Gasteiger partial charge in [-0.25, -0.2) is 4.98 Å². The number of aromatic nitrogens is 2. The quantitative estimate of drug-likeness (QED) is 0.658. The van der Waals surface area contributed by atoms with E-state index in [9.17, 15) is 14.4 Å². The molecule has 1 aliphatic rings. The summed E-state index contributed by atoms with van der Waals surface area (Å²) in [4.78, 5) is 41.3. The molecule has 0 saturated carbocycles. The summed E-state index contributed by atoms with van der Waals surface area (Å²) in [5, 5.41) is 8.04. The van der Waals surface area contributed by atoms with Gasteiger partial charge in [-0.1, -0.05) is 12.1 Å². The highest BCUT2D eigenvalue weighted by molar-refractivity contribution is 6.11. The number of nitrogens with zero attached hydrogens (tertiary/aromatic N) is 2. The van der Waals surface area contributed by atoms with E-state index in [-0.39, 0.29) is 12.3 Å². The van der Waals surface area contributed by atoms with E-state index in [4.69, 9.17) is 0 Å². The Labute approximate surface area is 154 Å². The predicted octanol–water partition coefficient (Wildman–Crippen LogP) is 1.65. The maximum Gasteiger partial charge on any atom is 0.254 e. The van der Waals surface area contributed by atoms with Gasteiger partial charge in [-0.3, -0.25) is 14.4 Å². The number of aryl methyl sites for hydroxylation is 1. The van der Waals surface area contributed by atoms with Crippen LogP contribution in [0.2, 0.25) is 0 Å². The van der Waals surface area contributed by atoms with Crippen molar-refractivity contribution in [3.63, 3.8) is 0 Å². The number of rotatable bonds is 3. The van der Waals surface area contributed by atoms with Gasteiger partial charge in [-0.15, -0.1) is 0 Å². The summed E-state index contributed by atoms with van der Waals surface area (Å²) in [6.07, 6.45) is 1.52. The highest BCUT2D eigenvalue weighted by Crippen LogP contribution is 2.20. The van der Waals surface area contributed by atoms with Crippen LogP contribution in [-0.4, -0.2) is 33.3 Å². The molecular formula is C19H17N5O3. The van der Waals surface area contributed by atoms with E-state index in [0.717, 1.165) is 11.0 Å². The van der Waals surface area contributed by atoms with E-state index < -0.39 is 17.9 Å². The molecule has 0 fully saturated rings. The first-order valence-corrected chi connectivity index (χ1v) is 8.43. The van der Waals surface area contributed by atoms with Crippen molar-refractivity contribution in [3.8, 4) is 0 Å². The Bertz CT molecular complexity index is 1070. The van der Waals surface area contributed by atoms with Gasteiger partial charge < -0.3 is 20.5 Å². The molecule has 1 aromatic heterocycles. The van der Waals surface area contributed by atoms with E-state index in [1.807, 2.05) is 17.7 Å². The third kappa shape index (κ3) is 3.24. The topological polar surface area (TPSA) is 105 Å². The van der Waals surface area contributed by atoms with E-state index in [2.05, 4.69) is 20.9 Å². The molecule has 8 heteroatoms. The third-order valence-corrected chi connectivity index (χ3v) is 4.45. The molecule has 1 aliphatic heterocycles. The largest absolute Gasteiger partial charge is 0.340 e. The lowest BCUT2D eigenvalue weighted by Crippen LogP contribution is -2.43. The monoisotopic (exact) mass is 363 g/mol. The molecule has 0 aliphatic carbocycles. The maximum absolute atomic E-state index is 12.4. The Morgan fingerprint density at radius 1 is 1.22 bits per heavy atom. The molecule has 2 aromatic carbocycles. The standard InChI is InChI=1S/C19H17N5O3/c1-24-10-20-14-8-11(6-7-16(14)24)21-17(25)9-15-19(27)22-13-5-3-2-4-12(13)18(26)23-15/h2-8,10,15H,9H2,1H3,(H,21,25)(H,22,27)(H,23,26). The summed E-state index contributed by atoms with van der Waals surface area (Å²) in [6.45, 7) is 0. The Hall–Kier alpha value is -3.68. The Balaban J connectivity index is 1.47. The zero-order valence-electron chi connectivity index (χ0n) is 14.5. The van der Waals surface area contributed by atoms with E-state index in [1.165, 1.54) is 0 Å². The highest BCUT2D eigenvalue weighted by Gasteiger charge is 2.29. The Morgan fingerprint density at radius 2 is 2.04 bits per heavy atom. The summed E-state index contributed by atoms with van der Waals surface area (Å²) in [5.41, 5.74) is 3.08. The van der Waals surface area contributed by atoms with Crippen LogP contribution < -0.4 is 16.0 Å². The number of amides is 3. The number of carbonyl (C=O) groups is 3. The van der Waals surface area contributed by atoms with Crippen molar-refractivity contribution in [1.82, 2.24) is 14.9 Å².